The van der Waals surface area contributed by atoms with E-state index in [4.69, 9.17) is 4.74 Å². The quantitative estimate of drug-likeness (QED) is 0.654. The second-order valence-corrected chi connectivity index (χ2v) is 5.14. The first kappa shape index (κ1) is 14.3. The minimum atomic E-state index is -0.407. The first-order chi connectivity index (χ1) is 9.60. The van der Waals surface area contributed by atoms with E-state index in [1.54, 1.807) is 23.5 Å². The predicted octanol–water partition coefficient (Wildman–Crippen LogP) is 3.02. The number of benzene rings is 1. The molecule has 0 fully saturated rings. The third-order valence-corrected chi connectivity index (χ3v) is 3.75. The van der Waals surface area contributed by atoms with E-state index in [2.05, 4.69) is 10.3 Å². The molecule has 1 aromatic carbocycles. The van der Waals surface area contributed by atoms with Crippen LogP contribution in [0.4, 0.5) is 11.4 Å². The van der Waals surface area contributed by atoms with Crippen molar-refractivity contribution in [3.05, 3.63) is 44.4 Å². The number of aryl methyl sites for hydroxylation is 1. The Labute approximate surface area is 120 Å². The average Bonchev–Trinajstić information content (AvgIpc) is 2.84. The molecule has 0 atom stereocenters. The molecule has 0 spiro atoms. The maximum atomic E-state index is 11.0. The van der Waals surface area contributed by atoms with Gasteiger partial charge in [0, 0.05) is 36.2 Å². The van der Waals surface area contributed by atoms with Crippen LogP contribution in [0, 0.1) is 17.0 Å². The fourth-order valence-corrected chi connectivity index (χ4v) is 2.54. The van der Waals surface area contributed by atoms with Crippen molar-refractivity contribution in [3.8, 4) is 5.75 Å². The smallest absolute Gasteiger partial charge is 0.292 e. The van der Waals surface area contributed by atoms with Crippen LogP contribution >= 0.6 is 11.3 Å². The molecule has 2 aromatic rings. The van der Waals surface area contributed by atoms with Crippen LogP contribution in [0.25, 0.3) is 0 Å². The highest BCUT2D eigenvalue weighted by atomic mass is 32.1. The van der Waals surface area contributed by atoms with Crippen molar-refractivity contribution in [2.45, 2.75) is 13.3 Å². The number of nitrogens with zero attached hydrogens (tertiary/aromatic N) is 2. The second-order valence-electron chi connectivity index (χ2n) is 4.20. The highest BCUT2D eigenvalue weighted by Gasteiger charge is 2.14. The first-order valence-electron chi connectivity index (χ1n) is 6.07. The van der Waals surface area contributed by atoms with Gasteiger partial charge in [0.15, 0.2) is 0 Å². The number of rotatable bonds is 6. The molecular weight excluding hydrogens is 278 g/mol. The Bertz CT molecular complexity index is 613. The molecule has 0 unspecified atom stereocenters. The van der Waals surface area contributed by atoms with E-state index >= 15 is 0 Å². The Kier molecular flexibility index (Phi) is 4.52. The number of hydrogen-bond acceptors (Lipinski definition) is 6. The number of thiazole rings is 1. The fraction of sp³-hybridized carbons (Fsp3) is 0.308. The zero-order chi connectivity index (χ0) is 14.5. The lowest BCUT2D eigenvalue weighted by molar-refractivity contribution is -0.384. The first-order valence-corrected chi connectivity index (χ1v) is 6.95. The van der Waals surface area contributed by atoms with Gasteiger partial charge in [-0.05, 0) is 13.0 Å². The minimum absolute atomic E-state index is 0.0427. The summed E-state index contributed by atoms with van der Waals surface area (Å²) in [5.41, 5.74) is 1.50. The van der Waals surface area contributed by atoms with Gasteiger partial charge in [-0.3, -0.25) is 10.1 Å². The van der Waals surface area contributed by atoms with Gasteiger partial charge in [0.05, 0.1) is 17.0 Å². The zero-order valence-electron chi connectivity index (χ0n) is 11.3. The molecule has 0 aliphatic heterocycles. The summed E-state index contributed by atoms with van der Waals surface area (Å²) in [6, 6.07) is 4.65. The van der Waals surface area contributed by atoms with Gasteiger partial charge in [0.1, 0.15) is 11.4 Å². The van der Waals surface area contributed by atoms with Crippen LogP contribution in [0.5, 0.6) is 5.75 Å². The molecule has 0 aliphatic carbocycles. The number of nitro groups is 1. The number of nitro benzene ring substituents is 1. The number of methoxy groups -OCH3 is 1. The lowest BCUT2D eigenvalue weighted by Gasteiger charge is -2.08. The van der Waals surface area contributed by atoms with Crippen LogP contribution < -0.4 is 10.1 Å². The predicted molar refractivity (Wildman–Crippen MR) is 78.7 cm³/mol. The third-order valence-electron chi connectivity index (χ3n) is 2.72. The Morgan fingerprint density at radius 3 is 2.90 bits per heavy atom. The van der Waals surface area contributed by atoms with Gasteiger partial charge < -0.3 is 10.1 Å². The van der Waals surface area contributed by atoms with Crippen molar-refractivity contribution in [2.75, 3.05) is 19.0 Å². The molecule has 2 rings (SSSR count). The van der Waals surface area contributed by atoms with Gasteiger partial charge in [0.2, 0.25) is 0 Å². The highest BCUT2D eigenvalue weighted by Crippen LogP contribution is 2.28. The van der Waals surface area contributed by atoms with E-state index in [9.17, 15) is 10.1 Å². The summed E-state index contributed by atoms with van der Waals surface area (Å²) in [5.74, 6) is 0.586. The fourth-order valence-electron chi connectivity index (χ4n) is 1.76. The largest absolute Gasteiger partial charge is 0.497 e. The number of ether oxygens (including phenoxy) is 1. The van der Waals surface area contributed by atoms with Crippen molar-refractivity contribution in [1.29, 1.82) is 0 Å². The van der Waals surface area contributed by atoms with Crippen molar-refractivity contribution in [2.24, 2.45) is 0 Å². The third kappa shape index (κ3) is 3.45. The summed E-state index contributed by atoms with van der Waals surface area (Å²) in [4.78, 5) is 14.9. The van der Waals surface area contributed by atoms with Gasteiger partial charge in [-0.1, -0.05) is 0 Å². The van der Waals surface area contributed by atoms with E-state index in [-0.39, 0.29) is 5.69 Å². The molecule has 1 N–H and O–H groups in total. The lowest BCUT2D eigenvalue weighted by atomic mass is 10.2. The molecule has 0 bridgehead atoms. The lowest BCUT2D eigenvalue weighted by Crippen LogP contribution is -2.07. The van der Waals surface area contributed by atoms with Gasteiger partial charge in [-0.25, -0.2) is 4.98 Å². The maximum absolute atomic E-state index is 11.0. The van der Waals surface area contributed by atoms with E-state index in [0.717, 1.165) is 17.1 Å². The van der Waals surface area contributed by atoms with E-state index in [1.165, 1.54) is 13.2 Å². The van der Waals surface area contributed by atoms with Crippen molar-refractivity contribution in [1.82, 2.24) is 4.98 Å². The Morgan fingerprint density at radius 1 is 1.50 bits per heavy atom. The Balaban J connectivity index is 2.05. The van der Waals surface area contributed by atoms with Crippen LogP contribution in [0.2, 0.25) is 0 Å². The molecule has 106 valence electrons. The van der Waals surface area contributed by atoms with E-state index in [1.807, 2.05) is 12.3 Å². The van der Waals surface area contributed by atoms with Gasteiger partial charge >= 0.3 is 0 Å². The zero-order valence-corrected chi connectivity index (χ0v) is 12.1. The molecule has 0 amide bonds. The van der Waals surface area contributed by atoms with Crippen molar-refractivity contribution < 1.29 is 9.66 Å². The molecule has 6 nitrogen and oxygen atoms in total. The minimum Gasteiger partial charge on any atom is -0.497 e. The molecule has 0 saturated heterocycles. The molecule has 0 saturated carbocycles. The Morgan fingerprint density at radius 2 is 2.30 bits per heavy atom. The number of anilines is 1. The van der Waals surface area contributed by atoms with Crippen molar-refractivity contribution in [3.63, 3.8) is 0 Å². The number of aromatic nitrogens is 1. The van der Waals surface area contributed by atoms with Crippen molar-refractivity contribution >= 4 is 22.7 Å². The van der Waals surface area contributed by atoms with E-state index < -0.39 is 4.92 Å². The molecule has 0 radical (unpaired) electrons. The normalized spacial score (nSPS) is 10.3. The summed E-state index contributed by atoms with van der Waals surface area (Å²) in [5, 5.41) is 17.0. The molecule has 0 aliphatic rings. The molecule has 1 aromatic heterocycles. The molecule has 7 heteroatoms. The number of nitrogens with one attached hydrogen (secondary N) is 1. The Hall–Kier alpha value is -2.15. The summed E-state index contributed by atoms with van der Waals surface area (Å²) in [6.45, 7) is 2.53. The second kappa shape index (κ2) is 6.33. The molecule has 1 heterocycles. The van der Waals surface area contributed by atoms with Crippen LogP contribution in [-0.2, 0) is 6.42 Å². The van der Waals surface area contributed by atoms with Crippen LogP contribution in [0.1, 0.15) is 10.7 Å². The van der Waals surface area contributed by atoms with Crippen LogP contribution in [-0.4, -0.2) is 23.6 Å². The summed E-state index contributed by atoms with van der Waals surface area (Å²) < 4.78 is 5.08. The van der Waals surface area contributed by atoms with Gasteiger partial charge in [0.25, 0.3) is 5.69 Å². The average molecular weight is 293 g/mol. The van der Waals surface area contributed by atoms with Crippen LogP contribution in [0.3, 0.4) is 0 Å². The molecular formula is C13H15N3O3S. The van der Waals surface area contributed by atoms with Crippen LogP contribution in [0.15, 0.2) is 23.6 Å². The SMILES string of the molecule is COc1ccc([N+](=O)[O-])c(NCCc2nc(C)cs2)c1. The monoisotopic (exact) mass is 293 g/mol. The topological polar surface area (TPSA) is 77.3 Å². The van der Waals surface area contributed by atoms with Gasteiger partial charge in [-0.2, -0.15) is 0 Å². The number of hydrogen-bond donors (Lipinski definition) is 1. The highest BCUT2D eigenvalue weighted by molar-refractivity contribution is 7.09. The maximum Gasteiger partial charge on any atom is 0.292 e. The van der Waals surface area contributed by atoms with E-state index in [0.29, 0.717) is 18.0 Å². The van der Waals surface area contributed by atoms with Gasteiger partial charge in [-0.15, -0.1) is 11.3 Å². The summed E-state index contributed by atoms with van der Waals surface area (Å²) in [6.07, 6.45) is 0.729. The standard InChI is InChI=1S/C13H15N3O3S/c1-9-8-20-13(15-9)5-6-14-11-7-10(19-2)3-4-12(11)16(17)18/h3-4,7-8,14H,5-6H2,1-2H3. The summed E-state index contributed by atoms with van der Waals surface area (Å²) >= 11 is 1.59. The summed E-state index contributed by atoms with van der Waals surface area (Å²) in [7, 11) is 1.53. The molecule has 20 heavy (non-hydrogen) atoms.